The third-order valence-electron chi connectivity index (χ3n) is 19.9. The molecular weight excluding hydrogens is 775 g/mol. The van der Waals surface area contributed by atoms with Crippen LogP contribution in [0.4, 0.5) is 0 Å². The summed E-state index contributed by atoms with van der Waals surface area (Å²) in [5.74, 6) is 6.15. The van der Waals surface area contributed by atoms with Crippen molar-refractivity contribution >= 4 is 0 Å². The third-order valence-corrected chi connectivity index (χ3v) is 19.9. The first kappa shape index (κ1) is 37.4. The van der Waals surface area contributed by atoms with Crippen molar-refractivity contribution in [3.05, 3.63) is 201 Å². The molecule has 15 rings (SSSR count). The van der Waals surface area contributed by atoms with Gasteiger partial charge in [-0.05, 0) is 189 Å². The van der Waals surface area contributed by atoms with Crippen molar-refractivity contribution in [1.29, 1.82) is 0 Å². The van der Waals surface area contributed by atoms with E-state index in [9.17, 15) is 0 Å². The fourth-order valence-electron chi connectivity index (χ4n) is 18.1. The molecule has 2 fully saturated rings. The molecule has 15 aliphatic rings. The maximum atomic E-state index is 6.95. The maximum absolute atomic E-state index is 6.95. The predicted octanol–water partition coefficient (Wildman–Crippen LogP) is 14.4. The van der Waals surface area contributed by atoms with Gasteiger partial charge >= 0.3 is 0 Å². The Bertz CT molecular complexity index is 2710. The van der Waals surface area contributed by atoms with E-state index in [1.807, 2.05) is 0 Å². The predicted molar refractivity (Wildman–Crippen MR) is 259 cm³/mol. The van der Waals surface area contributed by atoms with Crippen LogP contribution >= 0.6 is 0 Å². The molecule has 0 aromatic rings. The van der Waals surface area contributed by atoms with E-state index in [2.05, 4.69) is 139 Å². The van der Waals surface area contributed by atoms with Gasteiger partial charge in [0.25, 0.3) is 0 Å². The van der Waals surface area contributed by atoms with E-state index in [0.717, 1.165) is 44.3 Å². The number of ether oxygens (including phenoxy) is 1. The molecule has 0 amide bonds. The summed E-state index contributed by atoms with van der Waals surface area (Å²) in [5, 5.41) is 0. The van der Waals surface area contributed by atoms with Gasteiger partial charge in [0.05, 0.1) is 11.5 Å². The second-order valence-electron chi connectivity index (χ2n) is 22.1. The molecule has 0 saturated heterocycles. The van der Waals surface area contributed by atoms with E-state index < -0.39 is 0 Å². The Labute approximate surface area is 381 Å². The molecule has 0 bridgehead atoms. The Hall–Kier alpha value is -4.82. The van der Waals surface area contributed by atoms with Crippen LogP contribution in [0.25, 0.3) is 0 Å². The molecule has 1 aliphatic heterocycles. The van der Waals surface area contributed by atoms with E-state index in [1.165, 1.54) is 74.8 Å². The molecule has 13 atom stereocenters. The molecular formula is C62H63NO. The molecule has 2 spiro atoms. The fraction of sp³-hybridized carbons (Fsp3) is 0.452. The van der Waals surface area contributed by atoms with Gasteiger partial charge in [-0.25, -0.2) is 0 Å². The monoisotopic (exact) mass is 837 g/mol. The van der Waals surface area contributed by atoms with Crippen LogP contribution < -0.4 is 0 Å². The van der Waals surface area contributed by atoms with Gasteiger partial charge in [-0.15, -0.1) is 0 Å². The zero-order valence-electron chi connectivity index (χ0n) is 37.5. The molecule has 2 nitrogen and oxygen atoms in total. The smallest absolute Gasteiger partial charge is 0.121 e. The summed E-state index contributed by atoms with van der Waals surface area (Å²) in [5.41, 5.74) is 17.9. The molecule has 322 valence electrons. The number of hydrogen-bond donors (Lipinski definition) is 0. The lowest BCUT2D eigenvalue weighted by Gasteiger charge is -2.49. The van der Waals surface area contributed by atoms with Gasteiger partial charge in [0.15, 0.2) is 0 Å². The van der Waals surface area contributed by atoms with Gasteiger partial charge in [0.2, 0.25) is 0 Å². The Morgan fingerprint density at radius 3 is 2.50 bits per heavy atom. The average Bonchev–Trinajstić information content (AvgIpc) is 4.13. The second kappa shape index (κ2) is 13.9. The highest BCUT2D eigenvalue weighted by molar-refractivity contribution is 5.77. The molecule has 64 heavy (non-hydrogen) atoms. The Morgan fingerprint density at radius 1 is 0.641 bits per heavy atom. The zero-order valence-corrected chi connectivity index (χ0v) is 37.5. The quantitative estimate of drug-likeness (QED) is 0.263. The molecule has 1 heterocycles. The van der Waals surface area contributed by atoms with Crippen LogP contribution in [0.3, 0.4) is 0 Å². The van der Waals surface area contributed by atoms with E-state index in [1.54, 1.807) is 44.6 Å². The minimum atomic E-state index is -0.137. The maximum Gasteiger partial charge on any atom is 0.121 e. The first-order valence-corrected chi connectivity index (χ1v) is 26.0. The summed E-state index contributed by atoms with van der Waals surface area (Å²) in [7, 11) is 0. The van der Waals surface area contributed by atoms with E-state index in [4.69, 9.17) is 4.74 Å². The van der Waals surface area contributed by atoms with Crippen LogP contribution in [0.1, 0.15) is 96.3 Å². The van der Waals surface area contributed by atoms with Gasteiger partial charge in [-0.2, -0.15) is 0 Å². The van der Waals surface area contributed by atoms with Crippen molar-refractivity contribution in [2.75, 3.05) is 0 Å². The first-order chi connectivity index (χ1) is 31.8. The molecule has 0 aromatic carbocycles. The van der Waals surface area contributed by atoms with E-state index in [0.29, 0.717) is 53.3 Å². The number of allylic oxidation sites excluding steroid dienone is 28. The van der Waals surface area contributed by atoms with Crippen LogP contribution in [-0.4, -0.2) is 17.0 Å². The van der Waals surface area contributed by atoms with Crippen LogP contribution in [0, 0.1) is 64.1 Å². The van der Waals surface area contributed by atoms with Crippen LogP contribution in [0.15, 0.2) is 201 Å². The average molecular weight is 838 g/mol. The van der Waals surface area contributed by atoms with Crippen molar-refractivity contribution in [2.24, 2.45) is 64.1 Å². The summed E-state index contributed by atoms with van der Waals surface area (Å²) in [6.07, 6.45) is 75.0. The normalized spacial score (nSPS) is 43.0. The lowest BCUT2D eigenvalue weighted by atomic mass is 9.55. The lowest BCUT2D eigenvalue weighted by molar-refractivity contribution is 0.0412. The topological polar surface area (TPSA) is 12.5 Å². The SMILES string of the molecule is C1=CC2C3=CCCCC3C3(C2C=C1)C1C=C(N(C2=CCC4C(=C2)C2(C5=C(CCC=C5)C5=C2CCC=C5)C2=C4CCC=C2)C2CC=CC4=C2C2C=CCCC2O4)C=CC1C1C=CCCC13. The van der Waals surface area contributed by atoms with Crippen molar-refractivity contribution in [1.82, 2.24) is 4.90 Å². The molecule has 0 radical (unpaired) electrons. The third kappa shape index (κ3) is 4.69. The lowest BCUT2D eigenvalue weighted by Crippen LogP contribution is -2.44. The first-order valence-electron chi connectivity index (χ1n) is 26.0. The standard InChI is InChI=1S/C62H63NO/c1-8-23-49-40(16-1)41-17-2-9-24-50(41)61(49)53-27-12-5-20-44(53)46-34-32-38(36-55(46)61)63(57-29-15-31-59-60(57)48-22-7-14-30-58(48)64-59)39-33-35-47-45-21-6-13-28-54(45)62(56(47)37-39)51-25-10-3-18-42(51)43-19-4-11-26-52(43)62/h1,3,5,7-8,11,13,15-18,20,22-23,26,28,31-34,36-37,40,44,46-50,53,55,57-58H,2,4,6,9-10,12,14,19,21,24-25,27,29-30,35H2. The van der Waals surface area contributed by atoms with Gasteiger partial charge in [0, 0.05) is 34.7 Å². The van der Waals surface area contributed by atoms with Crippen LogP contribution in [0.2, 0.25) is 0 Å². The molecule has 2 saturated carbocycles. The van der Waals surface area contributed by atoms with Gasteiger partial charge < -0.3 is 9.64 Å². The van der Waals surface area contributed by atoms with Crippen LogP contribution in [-0.2, 0) is 4.74 Å². The van der Waals surface area contributed by atoms with Crippen molar-refractivity contribution in [3.8, 4) is 0 Å². The molecule has 13 unspecified atom stereocenters. The Kier molecular flexibility index (Phi) is 8.10. The summed E-state index contributed by atoms with van der Waals surface area (Å²) in [6.45, 7) is 0. The highest BCUT2D eigenvalue weighted by Gasteiger charge is 2.69. The summed E-state index contributed by atoms with van der Waals surface area (Å²) >= 11 is 0. The molecule has 2 heteroatoms. The zero-order chi connectivity index (χ0) is 41.7. The number of fused-ring (bicyclic) bond motifs is 19. The fourth-order valence-corrected chi connectivity index (χ4v) is 18.1. The van der Waals surface area contributed by atoms with Crippen molar-refractivity contribution in [3.63, 3.8) is 0 Å². The van der Waals surface area contributed by atoms with Gasteiger partial charge in [-0.3, -0.25) is 0 Å². The summed E-state index contributed by atoms with van der Waals surface area (Å²) in [6, 6.07) is 0.212. The van der Waals surface area contributed by atoms with Crippen molar-refractivity contribution in [2.45, 2.75) is 108 Å². The molecule has 0 N–H and O–H groups in total. The van der Waals surface area contributed by atoms with E-state index >= 15 is 0 Å². The number of hydrogen-bond acceptors (Lipinski definition) is 2. The summed E-state index contributed by atoms with van der Waals surface area (Å²) < 4.78 is 6.95. The van der Waals surface area contributed by atoms with E-state index in [-0.39, 0.29) is 23.0 Å². The molecule has 0 aromatic heterocycles. The summed E-state index contributed by atoms with van der Waals surface area (Å²) in [4.78, 5) is 2.92. The molecule has 14 aliphatic carbocycles. The highest BCUT2D eigenvalue weighted by atomic mass is 16.5. The van der Waals surface area contributed by atoms with Crippen molar-refractivity contribution < 1.29 is 4.74 Å². The van der Waals surface area contributed by atoms with Crippen LogP contribution in [0.5, 0.6) is 0 Å². The minimum Gasteiger partial charge on any atom is -0.489 e. The van der Waals surface area contributed by atoms with Gasteiger partial charge in [-0.1, -0.05) is 127 Å². The van der Waals surface area contributed by atoms with Gasteiger partial charge in [0.1, 0.15) is 11.9 Å². The Balaban J connectivity index is 0.935. The number of rotatable bonds is 3. The Morgan fingerprint density at radius 2 is 1.52 bits per heavy atom. The number of nitrogens with zero attached hydrogens (tertiary/aromatic N) is 1. The highest BCUT2D eigenvalue weighted by Crippen LogP contribution is 2.75. The largest absolute Gasteiger partial charge is 0.489 e. The second-order valence-corrected chi connectivity index (χ2v) is 22.1. The minimum absolute atomic E-state index is 0.137.